The van der Waals surface area contributed by atoms with Crippen molar-refractivity contribution in [1.29, 1.82) is 0 Å². The highest BCUT2D eigenvalue weighted by Gasteiger charge is 2.23. The number of hydrogen-bond acceptors (Lipinski definition) is 5. The molecule has 0 fully saturated rings. The first-order valence-corrected chi connectivity index (χ1v) is 7.12. The third kappa shape index (κ3) is 3.56. The van der Waals surface area contributed by atoms with Gasteiger partial charge >= 0.3 is 5.69 Å². The van der Waals surface area contributed by atoms with Crippen LogP contribution in [0.15, 0.2) is 30.3 Å². The third-order valence-electron chi connectivity index (χ3n) is 3.00. The summed E-state index contributed by atoms with van der Waals surface area (Å²) in [5.74, 6) is -0.320. The van der Waals surface area contributed by atoms with Crippen LogP contribution >= 0.6 is 11.3 Å². The van der Waals surface area contributed by atoms with Gasteiger partial charge in [0.2, 0.25) is 0 Å². The molecular formula is C14H15FN2O3S. The summed E-state index contributed by atoms with van der Waals surface area (Å²) in [6.07, 6.45) is -0.748. The first-order valence-electron chi connectivity index (χ1n) is 6.30. The summed E-state index contributed by atoms with van der Waals surface area (Å²) in [7, 11) is 1.73. The minimum Gasteiger partial charge on any atom is -0.388 e. The summed E-state index contributed by atoms with van der Waals surface area (Å²) in [5, 5.41) is 21.2. The lowest BCUT2D eigenvalue weighted by molar-refractivity contribution is -0.383. The summed E-state index contributed by atoms with van der Waals surface area (Å²) in [6.45, 7) is 1.99. The van der Waals surface area contributed by atoms with Crippen molar-refractivity contribution in [3.63, 3.8) is 0 Å². The molecule has 21 heavy (non-hydrogen) atoms. The number of nitro groups is 1. The van der Waals surface area contributed by atoms with Gasteiger partial charge in [0.15, 0.2) is 5.00 Å². The molecule has 1 N–H and O–H groups in total. The quantitative estimate of drug-likeness (QED) is 0.678. The average molecular weight is 310 g/mol. The lowest BCUT2D eigenvalue weighted by atomic mass is 10.2. The molecule has 0 saturated heterocycles. The molecule has 0 radical (unpaired) electrons. The molecule has 1 aromatic carbocycles. The van der Waals surface area contributed by atoms with Crippen molar-refractivity contribution >= 4 is 22.0 Å². The summed E-state index contributed by atoms with van der Waals surface area (Å²) in [4.78, 5) is 12.9. The van der Waals surface area contributed by atoms with Crippen LogP contribution in [0.2, 0.25) is 0 Å². The molecular weight excluding hydrogens is 295 g/mol. The molecule has 0 amide bonds. The van der Waals surface area contributed by atoms with Gasteiger partial charge in [-0.15, -0.1) is 11.3 Å². The van der Waals surface area contributed by atoms with E-state index in [-0.39, 0.29) is 11.5 Å². The lowest BCUT2D eigenvalue weighted by Crippen LogP contribution is -2.16. The van der Waals surface area contributed by atoms with E-state index in [0.29, 0.717) is 16.4 Å². The fourth-order valence-electron chi connectivity index (χ4n) is 1.94. The Balaban J connectivity index is 2.27. The fourth-order valence-corrected chi connectivity index (χ4v) is 2.96. The molecule has 0 aliphatic heterocycles. The third-order valence-corrected chi connectivity index (χ3v) is 4.41. The van der Waals surface area contributed by atoms with Gasteiger partial charge in [-0.25, -0.2) is 4.39 Å². The second-order valence-corrected chi connectivity index (χ2v) is 5.82. The van der Waals surface area contributed by atoms with Gasteiger partial charge < -0.3 is 10.0 Å². The van der Waals surface area contributed by atoms with E-state index in [1.54, 1.807) is 31.0 Å². The van der Waals surface area contributed by atoms with Crippen LogP contribution in [-0.4, -0.2) is 17.1 Å². The van der Waals surface area contributed by atoms with Crippen LogP contribution in [-0.2, 0) is 6.54 Å². The number of thiophene rings is 1. The van der Waals surface area contributed by atoms with Crippen molar-refractivity contribution in [2.75, 3.05) is 11.9 Å². The van der Waals surface area contributed by atoms with Crippen LogP contribution in [0, 0.1) is 15.9 Å². The van der Waals surface area contributed by atoms with Gasteiger partial charge in [0.1, 0.15) is 5.82 Å². The van der Waals surface area contributed by atoms with E-state index in [0.717, 1.165) is 5.56 Å². The Labute approximate surface area is 125 Å². The Bertz CT molecular complexity index is 640. The minimum atomic E-state index is -0.748. The molecule has 1 atom stereocenters. The van der Waals surface area contributed by atoms with Crippen LogP contribution in [0.4, 0.5) is 15.1 Å². The second kappa shape index (κ2) is 6.19. The number of aliphatic hydroxyl groups excluding tert-OH is 1. The van der Waals surface area contributed by atoms with Gasteiger partial charge in [0.05, 0.1) is 11.0 Å². The molecule has 0 bridgehead atoms. The van der Waals surface area contributed by atoms with Crippen LogP contribution in [0.3, 0.4) is 0 Å². The second-order valence-electron chi connectivity index (χ2n) is 4.75. The Morgan fingerprint density at radius 3 is 2.57 bits per heavy atom. The maximum absolute atomic E-state index is 12.9. The van der Waals surface area contributed by atoms with Gasteiger partial charge in [-0.05, 0) is 24.6 Å². The molecule has 2 rings (SSSR count). The van der Waals surface area contributed by atoms with Gasteiger partial charge in [0.25, 0.3) is 0 Å². The number of hydrogen-bond donors (Lipinski definition) is 1. The highest BCUT2D eigenvalue weighted by Crippen LogP contribution is 2.40. The van der Waals surface area contributed by atoms with E-state index >= 15 is 0 Å². The fraction of sp³-hybridized carbons (Fsp3) is 0.286. The molecule has 1 aromatic heterocycles. The molecule has 0 aliphatic rings. The number of halogens is 1. The molecule has 1 heterocycles. The smallest absolute Gasteiger partial charge is 0.304 e. The summed E-state index contributed by atoms with van der Waals surface area (Å²) < 4.78 is 12.9. The summed E-state index contributed by atoms with van der Waals surface area (Å²) in [5.41, 5.74) is 0.820. The Morgan fingerprint density at radius 1 is 1.43 bits per heavy atom. The van der Waals surface area contributed by atoms with E-state index in [4.69, 9.17) is 0 Å². The highest BCUT2D eigenvalue weighted by atomic mass is 32.1. The van der Waals surface area contributed by atoms with Crippen LogP contribution < -0.4 is 4.90 Å². The monoisotopic (exact) mass is 310 g/mol. The standard InChI is InChI=1S/C14H15FN2O3S/c1-9(18)13-7-12(17(19)20)14(21-13)16(2)8-10-3-5-11(15)6-4-10/h3-7,9,18H,8H2,1-2H3/t9-/m0/s1. The summed E-state index contributed by atoms with van der Waals surface area (Å²) >= 11 is 1.19. The number of rotatable bonds is 5. The predicted molar refractivity (Wildman–Crippen MR) is 80.1 cm³/mol. The molecule has 112 valence electrons. The maximum Gasteiger partial charge on any atom is 0.304 e. The Hall–Kier alpha value is -1.99. The molecule has 7 heteroatoms. The van der Waals surface area contributed by atoms with E-state index in [9.17, 15) is 19.6 Å². The molecule has 2 aromatic rings. The predicted octanol–water partition coefficient (Wildman–Crippen LogP) is 3.49. The zero-order valence-electron chi connectivity index (χ0n) is 11.6. The van der Waals surface area contributed by atoms with E-state index < -0.39 is 11.0 Å². The lowest BCUT2D eigenvalue weighted by Gasteiger charge is -2.16. The Morgan fingerprint density at radius 2 is 2.05 bits per heavy atom. The normalized spacial score (nSPS) is 12.2. The number of anilines is 1. The molecule has 0 unspecified atom stereocenters. The number of aliphatic hydroxyl groups is 1. The van der Waals surface area contributed by atoms with Crippen molar-refractivity contribution in [2.24, 2.45) is 0 Å². The van der Waals surface area contributed by atoms with Crippen LogP contribution in [0.1, 0.15) is 23.5 Å². The van der Waals surface area contributed by atoms with E-state index in [1.807, 2.05) is 0 Å². The van der Waals surface area contributed by atoms with Crippen molar-refractivity contribution in [3.8, 4) is 0 Å². The van der Waals surface area contributed by atoms with Gasteiger partial charge in [-0.1, -0.05) is 12.1 Å². The zero-order valence-corrected chi connectivity index (χ0v) is 12.4. The van der Waals surface area contributed by atoms with Crippen molar-refractivity contribution in [2.45, 2.75) is 19.6 Å². The van der Waals surface area contributed by atoms with Gasteiger partial charge in [-0.3, -0.25) is 10.1 Å². The largest absolute Gasteiger partial charge is 0.388 e. The Kier molecular flexibility index (Phi) is 4.54. The van der Waals surface area contributed by atoms with Crippen molar-refractivity contribution in [1.82, 2.24) is 0 Å². The van der Waals surface area contributed by atoms with E-state index in [2.05, 4.69) is 0 Å². The van der Waals surface area contributed by atoms with Crippen molar-refractivity contribution in [3.05, 3.63) is 56.7 Å². The van der Waals surface area contributed by atoms with Gasteiger partial charge in [0, 0.05) is 24.5 Å². The highest BCUT2D eigenvalue weighted by molar-refractivity contribution is 7.16. The van der Waals surface area contributed by atoms with Crippen LogP contribution in [0.5, 0.6) is 0 Å². The first-order chi connectivity index (χ1) is 9.88. The topological polar surface area (TPSA) is 66.6 Å². The average Bonchev–Trinajstić information content (AvgIpc) is 2.87. The van der Waals surface area contributed by atoms with Gasteiger partial charge in [-0.2, -0.15) is 0 Å². The van der Waals surface area contributed by atoms with Crippen molar-refractivity contribution < 1.29 is 14.4 Å². The van der Waals surface area contributed by atoms with Crippen LogP contribution in [0.25, 0.3) is 0 Å². The summed E-state index contributed by atoms with van der Waals surface area (Å²) in [6, 6.07) is 7.38. The molecule has 0 spiro atoms. The minimum absolute atomic E-state index is 0.0273. The number of nitrogens with zero attached hydrogens (tertiary/aromatic N) is 2. The SMILES string of the molecule is C[C@H](O)c1cc([N+](=O)[O-])c(N(C)Cc2ccc(F)cc2)s1. The molecule has 5 nitrogen and oxygen atoms in total. The zero-order chi connectivity index (χ0) is 15.6. The van der Waals surface area contributed by atoms with E-state index in [1.165, 1.54) is 29.5 Å². The molecule has 0 saturated carbocycles. The molecule has 0 aliphatic carbocycles. The maximum atomic E-state index is 12.9. The first kappa shape index (κ1) is 15.4. The number of benzene rings is 1.